The van der Waals surface area contributed by atoms with Crippen LogP contribution in [0.5, 0.6) is 0 Å². The second-order valence-corrected chi connectivity index (χ2v) is 6.78. The number of aliphatic hydroxyl groups is 1. The van der Waals surface area contributed by atoms with E-state index in [1.165, 1.54) is 6.92 Å². The minimum absolute atomic E-state index is 0.131. The van der Waals surface area contributed by atoms with Crippen LogP contribution in [0.15, 0.2) is 4.99 Å². The van der Waals surface area contributed by atoms with Crippen LogP contribution in [-0.4, -0.2) is 89.5 Å². The van der Waals surface area contributed by atoms with E-state index >= 15 is 0 Å². The molecule has 5 amide bonds. The summed E-state index contributed by atoms with van der Waals surface area (Å²) in [5, 5.41) is 26.8. The minimum atomic E-state index is -1.62. The summed E-state index contributed by atoms with van der Waals surface area (Å²) in [4.78, 5) is 73.9. The van der Waals surface area contributed by atoms with Crippen LogP contribution < -0.4 is 38.5 Å². The van der Waals surface area contributed by atoms with Gasteiger partial charge in [-0.2, -0.15) is 0 Å². The number of guanidine groups is 1. The molecule has 0 unspecified atom stereocenters. The molecular weight excluding hydrogens is 444 g/mol. The number of amides is 5. The molecule has 0 aromatic heterocycles. The van der Waals surface area contributed by atoms with Gasteiger partial charge in [0.15, 0.2) is 5.96 Å². The zero-order valence-electron chi connectivity index (χ0n) is 18.0. The highest BCUT2D eigenvalue weighted by atomic mass is 16.4. The molecule has 16 heteroatoms. The largest absolute Gasteiger partial charge is 0.481 e. The molecule has 0 fully saturated rings. The summed E-state index contributed by atoms with van der Waals surface area (Å²) in [5.74, 6) is -5.84. The summed E-state index contributed by atoms with van der Waals surface area (Å²) >= 11 is 0. The van der Waals surface area contributed by atoms with Crippen LogP contribution in [0, 0.1) is 0 Å². The number of hydrogen-bond acceptors (Lipinski definition) is 8. The molecule has 0 bridgehead atoms. The molecule has 12 N–H and O–H groups in total. The highest BCUT2D eigenvalue weighted by Gasteiger charge is 2.28. The highest BCUT2D eigenvalue weighted by Crippen LogP contribution is 1.99. The van der Waals surface area contributed by atoms with E-state index in [0.29, 0.717) is 6.42 Å². The van der Waals surface area contributed by atoms with Gasteiger partial charge in [0.2, 0.25) is 29.5 Å². The lowest BCUT2D eigenvalue weighted by Gasteiger charge is -2.20. The van der Waals surface area contributed by atoms with Gasteiger partial charge in [-0.1, -0.05) is 0 Å². The van der Waals surface area contributed by atoms with Gasteiger partial charge >= 0.3 is 5.97 Å². The van der Waals surface area contributed by atoms with E-state index in [0.717, 1.165) is 0 Å². The van der Waals surface area contributed by atoms with Crippen molar-refractivity contribution in [1.82, 2.24) is 21.3 Å². The van der Waals surface area contributed by atoms with Crippen LogP contribution in [0.25, 0.3) is 0 Å². The Hall–Kier alpha value is -3.95. The van der Waals surface area contributed by atoms with E-state index in [1.54, 1.807) is 0 Å². The maximum Gasteiger partial charge on any atom is 0.305 e. The Bertz CT molecular complexity index is 768. The Morgan fingerprint density at radius 2 is 1.55 bits per heavy atom. The van der Waals surface area contributed by atoms with Crippen molar-refractivity contribution >= 4 is 41.5 Å². The van der Waals surface area contributed by atoms with Crippen molar-refractivity contribution in [1.29, 1.82) is 0 Å². The third-order valence-electron chi connectivity index (χ3n) is 3.94. The zero-order valence-corrected chi connectivity index (χ0v) is 18.0. The summed E-state index contributed by atoms with van der Waals surface area (Å²) in [6, 6.07) is -4.10. The van der Waals surface area contributed by atoms with E-state index in [9.17, 15) is 28.8 Å². The maximum absolute atomic E-state index is 12.3. The number of carbonyl (C=O) groups excluding carboxylic acids is 5. The number of nitrogens with one attached hydrogen (secondary N) is 4. The molecule has 0 aromatic rings. The molecule has 3 atom stereocenters. The summed E-state index contributed by atoms with van der Waals surface area (Å²) in [6.07, 6.45) is -0.347. The van der Waals surface area contributed by atoms with E-state index in [2.05, 4.69) is 20.9 Å². The van der Waals surface area contributed by atoms with E-state index in [-0.39, 0.29) is 18.9 Å². The molecule has 0 aromatic carbocycles. The number of aliphatic hydroxyl groups excluding tert-OH is 1. The van der Waals surface area contributed by atoms with Crippen LogP contribution >= 0.6 is 0 Å². The molecule has 0 saturated heterocycles. The van der Waals surface area contributed by atoms with Crippen molar-refractivity contribution in [3.05, 3.63) is 0 Å². The fourth-order valence-electron chi connectivity index (χ4n) is 2.42. The molecule has 0 spiro atoms. The number of rotatable bonds is 15. The number of carboxylic acids is 1. The van der Waals surface area contributed by atoms with Crippen LogP contribution in [0.3, 0.4) is 0 Å². The number of hydrogen-bond donors (Lipinski definition) is 9. The Morgan fingerprint density at radius 1 is 0.909 bits per heavy atom. The van der Waals surface area contributed by atoms with Gasteiger partial charge in [0.05, 0.1) is 19.6 Å². The van der Waals surface area contributed by atoms with Crippen LogP contribution in [0.1, 0.15) is 26.2 Å². The summed E-state index contributed by atoms with van der Waals surface area (Å²) < 4.78 is 0. The molecule has 16 nitrogen and oxygen atoms in total. The molecule has 186 valence electrons. The van der Waals surface area contributed by atoms with Crippen molar-refractivity contribution in [2.24, 2.45) is 22.2 Å². The van der Waals surface area contributed by atoms with Gasteiger partial charge in [-0.05, 0) is 12.8 Å². The fourth-order valence-corrected chi connectivity index (χ4v) is 2.42. The Labute approximate surface area is 188 Å². The minimum Gasteiger partial charge on any atom is -0.481 e. The number of aliphatic carboxylic acids is 1. The fraction of sp³-hybridized carbons (Fsp3) is 0.588. The average Bonchev–Trinajstić information content (AvgIpc) is 2.70. The summed E-state index contributed by atoms with van der Waals surface area (Å²) in [7, 11) is 0. The number of aliphatic imine (C=N–C) groups is 1. The van der Waals surface area contributed by atoms with Gasteiger partial charge in [-0.3, -0.25) is 33.8 Å². The van der Waals surface area contributed by atoms with Gasteiger partial charge in [-0.25, -0.2) is 0 Å². The topological polar surface area (TPSA) is 281 Å². The number of primary amides is 1. The van der Waals surface area contributed by atoms with Gasteiger partial charge < -0.3 is 48.7 Å². The van der Waals surface area contributed by atoms with Crippen molar-refractivity contribution in [3.63, 3.8) is 0 Å². The van der Waals surface area contributed by atoms with E-state index < -0.39 is 73.2 Å². The zero-order chi connectivity index (χ0) is 25.6. The molecule has 0 aliphatic heterocycles. The number of carbonyl (C=O) groups is 6. The third kappa shape index (κ3) is 13.1. The summed E-state index contributed by atoms with van der Waals surface area (Å²) in [5.41, 5.74) is 15.4. The quantitative estimate of drug-likeness (QED) is 0.0616. The Morgan fingerprint density at radius 3 is 2.03 bits per heavy atom. The predicted octanol–water partition coefficient (Wildman–Crippen LogP) is -5.42. The Balaban J connectivity index is 4.97. The SMILES string of the molecule is CC(=O)N[C@@H](CCCN=C(N)N)C(=O)NCC(=O)N[C@H](CC(=O)O)C(=O)N[C@@H](CO)C(N)=O. The maximum atomic E-state index is 12.3. The third-order valence-corrected chi connectivity index (χ3v) is 3.94. The van der Waals surface area contributed by atoms with Crippen molar-refractivity contribution in [3.8, 4) is 0 Å². The molecule has 33 heavy (non-hydrogen) atoms. The lowest BCUT2D eigenvalue weighted by atomic mass is 10.1. The first kappa shape index (κ1) is 29.0. The standard InChI is InChI=1S/C17H30N8O8/c1-8(27)23-9(3-2-4-21-17(19)20)15(32)22-6-12(28)24-10(5-13(29)30)16(33)25-11(7-26)14(18)31/h9-11,26H,2-7H2,1H3,(H2,18,31)(H,22,32)(H,23,27)(H,24,28)(H,25,33)(H,29,30)(H4,19,20,21)/t9-,10+,11-/m0/s1. The molecule has 0 heterocycles. The molecule has 0 aliphatic carbocycles. The second kappa shape index (κ2) is 15.0. The van der Waals surface area contributed by atoms with Crippen molar-refractivity contribution in [2.75, 3.05) is 19.7 Å². The first-order valence-corrected chi connectivity index (χ1v) is 9.69. The van der Waals surface area contributed by atoms with Gasteiger partial charge in [0.25, 0.3) is 0 Å². The first-order chi connectivity index (χ1) is 15.4. The summed E-state index contributed by atoms with van der Waals surface area (Å²) in [6.45, 7) is -0.0772. The lowest BCUT2D eigenvalue weighted by Crippen LogP contribution is -2.56. The lowest BCUT2D eigenvalue weighted by molar-refractivity contribution is -0.141. The van der Waals surface area contributed by atoms with E-state index in [4.69, 9.17) is 27.4 Å². The van der Waals surface area contributed by atoms with Crippen LogP contribution in [-0.2, 0) is 28.8 Å². The van der Waals surface area contributed by atoms with Crippen LogP contribution in [0.4, 0.5) is 0 Å². The second-order valence-electron chi connectivity index (χ2n) is 6.78. The molecule has 0 radical (unpaired) electrons. The number of nitrogens with two attached hydrogens (primary N) is 3. The van der Waals surface area contributed by atoms with Gasteiger partial charge in [0.1, 0.15) is 18.1 Å². The first-order valence-electron chi connectivity index (χ1n) is 9.69. The molecular formula is C17H30N8O8. The smallest absolute Gasteiger partial charge is 0.305 e. The van der Waals surface area contributed by atoms with Gasteiger partial charge in [-0.15, -0.1) is 0 Å². The normalized spacial score (nSPS) is 12.9. The Kier molecular flexibility index (Phi) is 13.2. The monoisotopic (exact) mass is 474 g/mol. The molecule has 0 saturated carbocycles. The predicted molar refractivity (Wildman–Crippen MR) is 113 cm³/mol. The van der Waals surface area contributed by atoms with E-state index in [1.807, 2.05) is 5.32 Å². The number of carboxylic acid groups (broad SMARTS) is 1. The number of nitrogens with zero attached hydrogens (tertiary/aromatic N) is 1. The van der Waals surface area contributed by atoms with Crippen molar-refractivity contribution in [2.45, 2.75) is 44.3 Å². The van der Waals surface area contributed by atoms with Crippen LogP contribution in [0.2, 0.25) is 0 Å². The highest BCUT2D eigenvalue weighted by molar-refractivity contribution is 5.95. The molecule has 0 aliphatic rings. The average molecular weight is 474 g/mol. The molecule has 0 rings (SSSR count). The van der Waals surface area contributed by atoms with Crippen molar-refractivity contribution < 1.29 is 39.0 Å². The van der Waals surface area contributed by atoms with Gasteiger partial charge in [0, 0.05) is 13.5 Å².